The van der Waals surface area contributed by atoms with Crippen molar-refractivity contribution in [1.29, 1.82) is 0 Å². The summed E-state index contributed by atoms with van der Waals surface area (Å²) < 4.78 is 13.5. The van der Waals surface area contributed by atoms with Gasteiger partial charge in [-0.1, -0.05) is 0 Å². The molecule has 0 saturated heterocycles. The van der Waals surface area contributed by atoms with Crippen molar-refractivity contribution in [1.82, 2.24) is 34.5 Å². The maximum absolute atomic E-state index is 13.4. The van der Waals surface area contributed by atoms with Gasteiger partial charge in [-0.05, 0) is 56.9 Å². The number of fused-ring (bicyclic) bond motifs is 1. The fraction of sp³-hybridized carbons (Fsp3) is 0.375. The fourth-order valence-corrected chi connectivity index (χ4v) is 4.70. The molecule has 186 valence electrons. The summed E-state index contributed by atoms with van der Waals surface area (Å²) in [5.41, 5.74) is 2.25. The molecule has 0 radical (unpaired) electrons. The maximum atomic E-state index is 13.4. The largest absolute Gasteiger partial charge is 0.611 e. The van der Waals surface area contributed by atoms with Gasteiger partial charge in [0.25, 0.3) is 5.56 Å². The quantitative estimate of drug-likeness (QED) is 0.341. The van der Waals surface area contributed by atoms with Crippen molar-refractivity contribution < 1.29 is 9.66 Å². The van der Waals surface area contributed by atoms with E-state index in [0.717, 1.165) is 12.8 Å². The molecule has 4 aromatic rings. The number of nitrogens with zero attached hydrogens (tertiary/aromatic N) is 7. The Hall–Kier alpha value is -3.64. The lowest BCUT2D eigenvalue weighted by Gasteiger charge is -2.16. The number of rotatable bonds is 8. The minimum atomic E-state index is -1.07. The number of anilines is 1. The van der Waals surface area contributed by atoms with Crippen molar-refractivity contribution in [3.05, 3.63) is 52.6 Å². The molecule has 36 heavy (non-hydrogen) atoms. The molecule has 2 N–H and O–H groups in total. The molecular formula is C24H26N8O3S. The van der Waals surface area contributed by atoms with Gasteiger partial charge in [-0.2, -0.15) is 0 Å². The molecule has 4 aromatic heterocycles. The van der Waals surface area contributed by atoms with E-state index in [1.807, 2.05) is 20.8 Å². The van der Waals surface area contributed by atoms with Gasteiger partial charge in [-0.3, -0.25) is 14.3 Å². The molecule has 0 aromatic carbocycles. The molecule has 12 heteroatoms. The summed E-state index contributed by atoms with van der Waals surface area (Å²) in [5.74, 6) is 0.997. The molecule has 1 aliphatic carbocycles. The third-order valence-electron chi connectivity index (χ3n) is 5.95. The molecular weight excluding hydrogens is 480 g/mol. The maximum Gasteiger partial charge on any atom is 0.295 e. The lowest BCUT2D eigenvalue weighted by atomic mass is 10.1. The van der Waals surface area contributed by atoms with E-state index < -0.39 is 11.2 Å². The summed E-state index contributed by atoms with van der Waals surface area (Å²) in [7, 11) is 0. The second kappa shape index (κ2) is 9.78. The zero-order valence-electron chi connectivity index (χ0n) is 20.2. The molecule has 1 fully saturated rings. The van der Waals surface area contributed by atoms with Gasteiger partial charge >= 0.3 is 0 Å². The van der Waals surface area contributed by atoms with E-state index in [1.54, 1.807) is 22.9 Å². The van der Waals surface area contributed by atoms with Gasteiger partial charge in [0.1, 0.15) is 23.2 Å². The summed E-state index contributed by atoms with van der Waals surface area (Å²) in [6, 6.07) is 3.34. The molecule has 1 atom stereocenters. The van der Waals surface area contributed by atoms with Crippen molar-refractivity contribution in [2.24, 2.45) is 0 Å². The first kappa shape index (κ1) is 24.1. The van der Waals surface area contributed by atoms with E-state index >= 15 is 0 Å². The van der Waals surface area contributed by atoms with Crippen molar-refractivity contribution >= 4 is 28.2 Å². The standard InChI is InChI=1S/C24H26N8O3S/c1-4-36(35)16-8-7-15(25-10-16)9-26-21-24(34)32(13(2)3)22-17(30-21)11-27-20(31-22)18-19(14-5-6-14)28-12-29-23(18)33/h7-8,10-14H,4-6,9H2,1-3H3,(H,26,30)(H,28,29,33). The lowest BCUT2D eigenvalue weighted by Crippen LogP contribution is -2.27. The van der Waals surface area contributed by atoms with Crippen LogP contribution in [0.15, 0.2) is 40.5 Å². The van der Waals surface area contributed by atoms with Crippen LogP contribution in [0.5, 0.6) is 5.88 Å². The van der Waals surface area contributed by atoms with Crippen molar-refractivity contribution in [2.75, 3.05) is 11.1 Å². The number of hydrogen-bond donors (Lipinski definition) is 2. The van der Waals surface area contributed by atoms with Crippen molar-refractivity contribution in [3.63, 3.8) is 0 Å². The smallest absolute Gasteiger partial charge is 0.295 e. The summed E-state index contributed by atoms with van der Waals surface area (Å²) >= 11 is -1.07. The Morgan fingerprint density at radius 1 is 1.17 bits per heavy atom. The van der Waals surface area contributed by atoms with Crippen LogP contribution in [0.3, 0.4) is 0 Å². The van der Waals surface area contributed by atoms with Gasteiger partial charge in [0.2, 0.25) is 5.88 Å². The molecule has 0 amide bonds. The highest BCUT2D eigenvalue weighted by Crippen LogP contribution is 2.44. The van der Waals surface area contributed by atoms with Gasteiger partial charge in [0.15, 0.2) is 22.2 Å². The minimum absolute atomic E-state index is 0.153. The number of aromatic hydroxyl groups is 1. The average molecular weight is 507 g/mol. The van der Waals surface area contributed by atoms with Crippen LogP contribution in [0, 0.1) is 0 Å². The highest BCUT2D eigenvalue weighted by molar-refractivity contribution is 7.91. The van der Waals surface area contributed by atoms with Gasteiger partial charge in [-0.15, -0.1) is 0 Å². The van der Waals surface area contributed by atoms with E-state index in [0.29, 0.717) is 38.8 Å². The average Bonchev–Trinajstić information content (AvgIpc) is 3.72. The highest BCUT2D eigenvalue weighted by atomic mass is 32.2. The first-order chi connectivity index (χ1) is 17.4. The van der Waals surface area contributed by atoms with Gasteiger partial charge in [0.05, 0.1) is 30.3 Å². The van der Waals surface area contributed by atoms with Crippen molar-refractivity contribution in [3.8, 4) is 17.3 Å². The second-order valence-electron chi connectivity index (χ2n) is 8.84. The van der Waals surface area contributed by atoms with E-state index in [-0.39, 0.29) is 41.6 Å². The summed E-state index contributed by atoms with van der Waals surface area (Å²) in [6.45, 7) is 5.90. The highest BCUT2D eigenvalue weighted by Gasteiger charge is 2.31. The molecule has 1 saturated carbocycles. The summed E-state index contributed by atoms with van der Waals surface area (Å²) in [6.07, 6.45) is 6.43. The van der Waals surface area contributed by atoms with Crippen LogP contribution < -0.4 is 10.9 Å². The van der Waals surface area contributed by atoms with Crippen LogP contribution in [0.4, 0.5) is 5.82 Å². The predicted octanol–water partition coefficient (Wildman–Crippen LogP) is 2.94. The topological polar surface area (TPSA) is 155 Å². The van der Waals surface area contributed by atoms with Crippen LogP contribution in [0.2, 0.25) is 0 Å². The number of nitrogens with one attached hydrogen (secondary N) is 1. The van der Waals surface area contributed by atoms with Gasteiger partial charge in [0, 0.05) is 12.0 Å². The number of aromatic nitrogens is 7. The first-order valence-corrected chi connectivity index (χ1v) is 13.1. The van der Waals surface area contributed by atoms with E-state index in [4.69, 9.17) is 0 Å². The van der Waals surface area contributed by atoms with Crippen LogP contribution in [0.1, 0.15) is 57.0 Å². The second-order valence-corrected chi connectivity index (χ2v) is 10.6. The third-order valence-corrected chi connectivity index (χ3v) is 7.24. The molecule has 1 unspecified atom stereocenters. The van der Waals surface area contributed by atoms with Crippen LogP contribution >= 0.6 is 0 Å². The number of pyridine rings is 1. The van der Waals surface area contributed by atoms with Gasteiger partial charge < -0.3 is 15.0 Å². The van der Waals surface area contributed by atoms with Crippen LogP contribution in [-0.2, 0) is 17.7 Å². The molecule has 1 aliphatic rings. The minimum Gasteiger partial charge on any atom is -0.611 e. The Balaban J connectivity index is 1.51. The lowest BCUT2D eigenvalue weighted by molar-refractivity contribution is 0.452. The zero-order chi connectivity index (χ0) is 25.4. The Morgan fingerprint density at radius 2 is 1.97 bits per heavy atom. The SMILES string of the molecule is CC[S+]([O-])c1ccc(CNc2nc3cnc(-c4c(O)ncnc4C4CC4)nc3n(C(C)C)c2=O)nc1. The third kappa shape index (κ3) is 4.61. The Morgan fingerprint density at radius 3 is 2.64 bits per heavy atom. The molecule has 11 nitrogen and oxygen atoms in total. The fourth-order valence-electron chi connectivity index (χ4n) is 3.98. The molecule has 0 aliphatic heterocycles. The molecule has 4 heterocycles. The van der Waals surface area contributed by atoms with Crippen LogP contribution in [-0.4, -0.2) is 49.9 Å². The van der Waals surface area contributed by atoms with E-state index in [9.17, 15) is 14.5 Å². The van der Waals surface area contributed by atoms with E-state index in [1.165, 1.54) is 12.5 Å². The van der Waals surface area contributed by atoms with Crippen molar-refractivity contribution in [2.45, 2.75) is 57.0 Å². The van der Waals surface area contributed by atoms with Gasteiger partial charge in [-0.25, -0.2) is 24.9 Å². The molecule has 0 bridgehead atoms. The molecule has 0 spiro atoms. The van der Waals surface area contributed by atoms with E-state index in [2.05, 4.69) is 35.2 Å². The van der Waals surface area contributed by atoms with Crippen LogP contribution in [0.25, 0.3) is 22.6 Å². The Bertz CT molecular complexity index is 1470. The number of hydrogen-bond acceptors (Lipinski definition) is 10. The zero-order valence-corrected chi connectivity index (χ0v) is 21.0. The Labute approximate surface area is 210 Å². The normalized spacial score (nSPS) is 14.4. The first-order valence-electron chi connectivity index (χ1n) is 11.8. The Kier molecular flexibility index (Phi) is 6.54. The summed E-state index contributed by atoms with van der Waals surface area (Å²) in [4.78, 5) is 40.2. The summed E-state index contributed by atoms with van der Waals surface area (Å²) in [5, 5.41) is 13.5. The predicted molar refractivity (Wildman–Crippen MR) is 135 cm³/mol. The monoisotopic (exact) mass is 506 g/mol. The molecule has 5 rings (SSSR count).